The second-order valence-electron chi connectivity index (χ2n) is 2.68. The fraction of sp³-hybridized carbons (Fsp3) is 0.333. The molecule has 1 N–H and O–H groups in total. The number of aliphatic hydroxyl groups excluding tert-OH is 1. The van der Waals surface area contributed by atoms with E-state index in [-0.39, 0.29) is 0 Å². The predicted octanol–water partition coefficient (Wildman–Crippen LogP) is 2.09. The highest BCUT2D eigenvalue weighted by Gasteiger charge is 2.27. The molecule has 0 amide bonds. The van der Waals surface area contributed by atoms with Crippen molar-refractivity contribution < 1.29 is 23.2 Å². The SMILES string of the molecule is COP(=O)(OC)OC(O)c1ccccc1. The molecule has 1 atom stereocenters. The fourth-order valence-electron chi connectivity index (χ4n) is 0.961. The Morgan fingerprint density at radius 2 is 1.73 bits per heavy atom. The molecule has 5 nitrogen and oxygen atoms in total. The summed E-state index contributed by atoms with van der Waals surface area (Å²) in [5, 5.41) is 9.56. The van der Waals surface area contributed by atoms with Gasteiger partial charge in [-0.15, -0.1) is 0 Å². The van der Waals surface area contributed by atoms with Crippen LogP contribution in [0.4, 0.5) is 0 Å². The van der Waals surface area contributed by atoms with Gasteiger partial charge in [-0.2, -0.15) is 0 Å². The van der Waals surface area contributed by atoms with E-state index in [9.17, 15) is 9.67 Å². The zero-order valence-electron chi connectivity index (χ0n) is 8.49. The summed E-state index contributed by atoms with van der Waals surface area (Å²) >= 11 is 0. The standard InChI is InChI=1S/C9H13O5P/c1-12-15(11,13-2)14-9(10)8-6-4-3-5-7-8/h3-7,9-10H,1-2H3. The molecule has 1 unspecified atom stereocenters. The molecule has 0 heterocycles. The molecular formula is C9H13O5P. The van der Waals surface area contributed by atoms with Crippen LogP contribution in [-0.4, -0.2) is 19.3 Å². The third kappa shape index (κ3) is 3.41. The van der Waals surface area contributed by atoms with Crippen LogP contribution in [0.3, 0.4) is 0 Å². The Balaban J connectivity index is 2.71. The van der Waals surface area contributed by atoms with Gasteiger partial charge in [-0.3, -0.25) is 13.6 Å². The van der Waals surface area contributed by atoms with E-state index in [0.717, 1.165) is 0 Å². The minimum atomic E-state index is -3.65. The van der Waals surface area contributed by atoms with Crippen molar-refractivity contribution >= 4 is 7.82 Å². The second-order valence-corrected chi connectivity index (χ2v) is 4.52. The summed E-state index contributed by atoms with van der Waals surface area (Å²) in [4.78, 5) is 0. The maximum atomic E-state index is 11.5. The smallest absolute Gasteiger partial charge is 0.364 e. The first kappa shape index (κ1) is 12.4. The maximum absolute atomic E-state index is 11.5. The van der Waals surface area contributed by atoms with Gasteiger partial charge in [0.15, 0.2) is 6.29 Å². The molecule has 1 aromatic carbocycles. The van der Waals surface area contributed by atoms with Gasteiger partial charge in [0.25, 0.3) is 0 Å². The van der Waals surface area contributed by atoms with Crippen LogP contribution in [0.15, 0.2) is 30.3 Å². The molecule has 0 radical (unpaired) electrons. The average molecular weight is 232 g/mol. The lowest BCUT2D eigenvalue weighted by molar-refractivity contribution is -0.0451. The average Bonchev–Trinajstić information content (AvgIpc) is 2.30. The van der Waals surface area contributed by atoms with Gasteiger partial charge in [0.2, 0.25) is 0 Å². The Kier molecular flexibility index (Phi) is 4.45. The Labute approximate surface area is 88.2 Å². The number of hydrogen-bond acceptors (Lipinski definition) is 5. The van der Waals surface area contributed by atoms with Crippen LogP contribution in [0, 0.1) is 0 Å². The first-order valence-corrected chi connectivity index (χ1v) is 5.70. The number of phosphoric ester groups is 1. The zero-order chi connectivity index (χ0) is 11.3. The van der Waals surface area contributed by atoms with Gasteiger partial charge in [0.1, 0.15) is 0 Å². The molecule has 1 rings (SSSR count). The third-order valence-corrected chi connectivity index (χ3v) is 3.11. The van der Waals surface area contributed by atoms with Gasteiger partial charge < -0.3 is 5.11 Å². The van der Waals surface area contributed by atoms with Gasteiger partial charge in [0.05, 0.1) is 0 Å². The highest BCUT2D eigenvalue weighted by Crippen LogP contribution is 2.50. The number of aliphatic hydroxyl groups is 1. The monoisotopic (exact) mass is 232 g/mol. The first-order valence-electron chi connectivity index (χ1n) is 4.24. The summed E-state index contributed by atoms with van der Waals surface area (Å²) in [7, 11) is -1.29. The predicted molar refractivity (Wildman–Crippen MR) is 54.1 cm³/mol. The van der Waals surface area contributed by atoms with E-state index in [2.05, 4.69) is 9.05 Å². The summed E-state index contributed by atoms with van der Waals surface area (Å²) in [5.41, 5.74) is 0.479. The topological polar surface area (TPSA) is 65.0 Å². The molecule has 0 saturated carbocycles. The lowest BCUT2D eigenvalue weighted by Crippen LogP contribution is -2.03. The molecule has 0 bridgehead atoms. The number of hydrogen-bond donors (Lipinski definition) is 1. The number of rotatable bonds is 5. The molecule has 0 saturated heterocycles. The van der Waals surface area contributed by atoms with Crippen LogP contribution < -0.4 is 0 Å². The van der Waals surface area contributed by atoms with Crippen LogP contribution in [0.25, 0.3) is 0 Å². The maximum Gasteiger partial charge on any atom is 0.476 e. The van der Waals surface area contributed by atoms with Crippen molar-refractivity contribution in [2.75, 3.05) is 14.2 Å². The van der Waals surface area contributed by atoms with Crippen molar-refractivity contribution in [3.05, 3.63) is 35.9 Å². The van der Waals surface area contributed by atoms with Gasteiger partial charge in [-0.1, -0.05) is 30.3 Å². The zero-order valence-corrected chi connectivity index (χ0v) is 9.39. The van der Waals surface area contributed by atoms with Crippen LogP contribution in [0.1, 0.15) is 11.9 Å². The van der Waals surface area contributed by atoms with Crippen molar-refractivity contribution in [1.82, 2.24) is 0 Å². The second kappa shape index (κ2) is 5.39. The van der Waals surface area contributed by atoms with E-state index >= 15 is 0 Å². The Hall–Kier alpha value is -0.710. The quantitative estimate of drug-likeness (QED) is 0.622. The van der Waals surface area contributed by atoms with E-state index in [0.29, 0.717) is 5.56 Å². The van der Waals surface area contributed by atoms with Gasteiger partial charge in [-0.25, -0.2) is 4.57 Å². The Morgan fingerprint density at radius 1 is 1.20 bits per heavy atom. The summed E-state index contributed by atoms with van der Waals surface area (Å²) in [6, 6.07) is 8.53. The number of benzene rings is 1. The molecule has 84 valence electrons. The van der Waals surface area contributed by atoms with Crippen molar-refractivity contribution in [3.63, 3.8) is 0 Å². The third-order valence-electron chi connectivity index (χ3n) is 1.76. The van der Waals surface area contributed by atoms with E-state index < -0.39 is 14.1 Å². The summed E-state index contributed by atoms with van der Waals surface area (Å²) in [6.07, 6.45) is -1.34. The molecular weight excluding hydrogens is 219 g/mol. The molecule has 0 fully saturated rings. The minimum Gasteiger partial charge on any atom is -0.364 e. The van der Waals surface area contributed by atoms with E-state index in [1.165, 1.54) is 14.2 Å². The molecule has 0 spiro atoms. The molecule has 0 aromatic heterocycles. The summed E-state index contributed by atoms with van der Waals surface area (Å²) in [5.74, 6) is 0. The van der Waals surface area contributed by atoms with Crippen molar-refractivity contribution in [2.24, 2.45) is 0 Å². The Bertz CT molecular complexity index is 332. The minimum absolute atomic E-state index is 0.479. The largest absolute Gasteiger partial charge is 0.476 e. The highest BCUT2D eigenvalue weighted by molar-refractivity contribution is 7.48. The lowest BCUT2D eigenvalue weighted by Gasteiger charge is -2.17. The van der Waals surface area contributed by atoms with Gasteiger partial charge >= 0.3 is 7.82 Å². The van der Waals surface area contributed by atoms with Gasteiger partial charge in [-0.05, 0) is 0 Å². The van der Waals surface area contributed by atoms with Crippen LogP contribution >= 0.6 is 7.82 Å². The van der Waals surface area contributed by atoms with Gasteiger partial charge in [0, 0.05) is 19.8 Å². The molecule has 0 aliphatic heterocycles. The first-order chi connectivity index (χ1) is 7.11. The fourth-order valence-corrected chi connectivity index (χ4v) is 1.65. The summed E-state index contributed by atoms with van der Waals surface area (Å²) in [6.45, 7) is 0. The number of phosphoric acid groups is 1. The molecule has 6 heteroatoms. The van der Waals surface area contributed by atoms with E-state index in [4.69, 9.17) is 4.52 Å². The lowest BCUT2D eigenvalue weighted by atomic mass is 10.2. The Morgan fingerprint density at radius 3 is 2.20 bits per heavy atom. The van der Waals surface area contributed by atoms with Crippen LogP contribution in [-0.2, 0) is 18.1 Å². The van der Waals surface area contributed by atoms with Crippen molar-refractivity contribution in [3.8, 4) is 0 Å². The van der Waals surface area contributed by atoms with Crippen molar-refractivity contribution in [1.29, 1.82) is 0 Å². The molecule has 0 aliphatic carbocycles. The molecule has 15 heavy (non-hydrogen) atoms. The molecule has 1 aromatic rings. The summed E-state index contributed by atoms with van der Waals surface area (Å²) < 4.78 is 25.4. The normalized spacial score (nSPS) is 13.8. The van der Waals surface area contributed by atoms with Crippen LogP contribution in [0.2, 0.25) is 0 Å². The van der Waals surface area contributed by atoms with Crippen molar-refractivity contribution in [2.45, 2.75) is 6.29 Å². The van der Waals surface area contributed by atoms with E-state index in [1.807, 2.05) is 0 Å². The van der Waals surface area contributed by atoms with E-state index in [1.54, 1.807) is 30.3 Å². The highest BCUT2D eigenvalue weighted by atomic mass is 31.2. The molecule has 0 aliphatic rings. The van der Waals surface area contributed by atoms with Crippen LogP contribution in [0.5, 0.6) is 0 Å².